The third-order valence-electron chi connectivity index (χ3n) is 0.939. The first-order valence-electron chi connectivity index (χ1n) is 4.06. The number of allylic oxidation sites excluding steroid dienone is 1. The lowest BCUT2D eigenvalue weighted by atomic mass is 10.6. The number of hydrogen-bond donors (Lipinski definition) is 0. The van der Waals surface area contributed by atoms with E-state index < -0.39 is 0 Å². The molecule has 11 heavy (non-hydrogen) atoms. The first kappa shape index (κ1) is 11.4. The number of rotatable bonds is 4. The molecule has 0 aliphatic heterocycles. The van der Waals surface area contributed by atoms with Gasteiger partial charge in [-0.1, -0.05) is 33.8 Å². The minimum absolute atomic E-state index is 0.701. The Hall–Kier alpha value is 0.440. The van der Waals surface area contributed by atoms with Crippen molar-refractivity contribution < 1.29 is 0 Å². The van der Waals surface area contributed by atoms with Crippen LogP contribution in [0.3, 0.4) is 0 Å². The molecule has 0 aliphatic carbocycles. The Balaban J connectivity index is 3.79. The molecule has 0 atom stereocenters. The van der Waals surface area contributed by atoms with Crippen LogP contribution < -0.4 is 0 Å². The summed E-state index contributed by atoms with van der Waals surface area (Å²) in [5, 5.41) is 1.40. The van der Waals surface area contributed by atoms with E-state index in [9.17, 15) is 0 Å². The topological polar surface area (TPSA) is 0 Å². The summed E-state index contributed by atoms with van der Waals surface area (Å²) in [4.78, 5) is 0. The molecule has 0 heterocycles. The highest BCUT2D eigenvalue weighted by atomic mass is 32.2. The standard InChI is InChI=1S/C9H18S2/c1-6-9(10-7(2)3)11-8(4)5/h6-8H,1-5H3. The van der Waals surface area contributed by atoms with Crippen molar-refractivity contribution in [2.75, 3.05) is 0 Å². The first-order chi connectivity index (χ1) is 5.06. The molecule has 2 heteroatoms. The summed E-state index contributed by atoms with van der Waals surface area (Å²) in [7, 11) is 0. The minimum atomic E-state index is 0.701. The second-order valence-electron chi connectivity index (χ2n) is 2.94. The summed E-state index contributed by atoms with van der Waals surface area (Å²) in [6.07, 6.45) is 2.20. The maximum Gasteiger partial charge on any atom is 0.0363 e. The molecule has 0 fully saturated rings. The van der Waals surface area contributed by atoms with Gasteiger partial charge < -0.3 is 0 Å². The van der Waals surface area contributed by atoms with Crippen LogP contribution in [0.2, 0.25) is 0 Å². The predicted octanol–water partition coefficient (Wildman–Crippen LogP) is 4.13. The van der Waals surface area contributed by atoms with Crippen molar-refractivity contribution in [3.63, 3.8) is 0 Å². The van der Waals surface area contributed by atoms with E-state index in [1.54, 1.807) is 0 Å². The molecular formula is C9H18S2. The van der Waals surface area contributed by atoms with Crippen LogP contribution in [0.15, 0.2) is 10.3 Å². The summed E-state index contributed by atoms with van der Waals surface area (Å²) >= 11 is 3.90. The molecule has 66 valence electrons. The van der Waals surface area contributed by atoms with Crippen LogP contribution in [0.25, 0.3) is 0 Å². The van der Waals surface area contributed by atoms with E-state index in [1.807, 2.05) is 23.5 Å². The lowest BCUT2D eigenvalue weighted by Gasteiger charge is -2.10. The first-order valence-corrected chi connectivity index (χ1v) is 5.81. The van der Waals surface area contributed by atoms with Gasteiger partial charge in [0.05, 0.1) is 0 Å². The van der Waals surface area contributed by atoms with Gasteiger partial charge in [-0.2, -0.15) is 0 Å². The zero-order valence-electron chi connectivity index (χ0n) is 8.05. The van der Waals surface area contributed by atoms with Gasteiger partial charge in [0.25, 0.3) is 0 Å². The fraction of sp³-hybridized carbons (Fsp3) is 0.778. The van der Waals surface area contributed by atoms with Crippen molar-refractivity contribution in [3.05, 3.63) is 10.3 Å². The highest BCUT2D eigenvalue weighted by Gasteiger charge is 2.03. The van der Waals surface area contributed by atoms with Gasteiger partial charge in [-0.25, -0.2) is 0 Å². The molecular weight excluding hydrogens is 172 g/mol. The maximum absolute atomic E-state index is 2.23. The van der Waals surface area contributed by atoms with Crippen molar-refractivity contribution >= 4 is 23.5 Å². The molecule has 0 aromatic heterocycles. The fourth-order valence-corrected chi connectivity index (χ4v) is 3.21. The average Bonchev–Trinajstić information content (AvgIpc) is 1.84. The van der Waals surface area contributed by atoms with Crippen LogP contribution in [0.5, 0.6) is 0 Å². The Bertz CT molecular complexity index is 114. The second kappa shape index (κ2) is 6.01. The molecule has 0 aliphatic rings. The van der Waals surface area contributed by atoms with Gasteiger partial charge >= 0.3 is 0 Å². The van der Waals surface area contributed by atoms with Gasteiger partial charge in [0.15, 0.2) is 0 Å². The third kappa shape index (κ3) is 6.82. The van der Waals surface area contributed by atoms with Crippen molar-refractivity contribution in [3.8, 4) is 0 Å². The molecule has 0 nitrogen and oxygen atoms in total. The molecule has 0 saturated heterocycles. The maximum atomic E-state index is 2.23. The average molecular weight is 190 g/mol. The van der Waals surface area contributed by atoms with E-state index in [0.29, 0.717) is 10.5 Å². The summed E-state index contributed by atoms with van der Waals surface area (Å²) in [6, 6.07) is 0. The van der Waals surface area contributed by atoms with Crippen LogP contribution in [0.1, 0.15) is 34.6 Å². The molecule has 0 aromatic carbocycles. The van der Waals surface area contributed by atoms with E-state index in [-0.39, 0.29) is 0 Å². The van der Waals surface area contributed by atoms with Crippen molar-refractivity contribution in [1.82, 2.24) is 0 Å². The van der Waals surface area contributed by atoms with Crippen LogP contribution in [0.4, 0.5) is 0 Å². The van der Waals surface area contributed by atoms with Crippen LogP contribution in [0, 0.1) is 0 Å². The van der Waals surface area contributed by atoms with Gasteiger partial charge in [0.1, 0.15) is 0 Å². The normalized spacial score (nSPS) is 10.8. The Labute approximate surface area is 79.2 Å². The molecule has 0 unspecified atom stereocenters. The van der Waals surface area contributed by atoms with Gasteiger partial charge in [-0.15, -0.1) is 23.5 Å². The van der Waals surface area contributed by atoms with Crippen molar-refractivity contribution in [2.45, 2.75) is 45.1 Å². The highest BCUT2D eigenvalue weighted by molar-refractivity contribution is 8.22. The van der Waals surface area contributed by atoms with Crippen LogP contribution in [-0.2, 0) is 0 Å². The SMILES string of the molecule is CC=C(SC(C)C)SC(C)C. The summed E-state index contributed by atoms with van der Waals surface area (Å²) < 4.78 is 1.45. The second-order valence-corrected chi connectivity index (χ2v) is 6.44. The van der Waals surface area contributed by atoms with E-state index >= 15 is 0 Å². The lowest BCUT2D eigenvalue weighted by Crippen LogP contribution is -1.90. The molecule has 0 N–H and O–H groups in total. The molecule has 0 radical (unpaired) electrons. The van der Waals surface area contributed by atoms with Gasteiger partial charge in [-0.3, -0.25) is 0 Å². The third-order valence-corrected chi connectivity index (χ3v) is 3.40. The molecule has 0 rings (SSSR count). The van der Waals surface area contributed by atoms with Crippen molar-refractivity contribution in [2.24, 2.45) is 0 Å². The van der Waals surface area contributed by atoms with E-state index in [1.165, 1.54) is 4.24 Å². The summed E-state index contributed by atoms with van der Waals surface area (Å²) in [6.45, 7) is 11.0. The fourth-order valence-electron chi connectivity index (χ4n) is 0.628. The largest absolute Gasteiger partial charge is 0.117 e. The number of hydrogen-bond acceptors (Lipinski definition) is 2. The Morgan fingerprint density at radius 2 is 1.36 bits per heavy atom. The molecule has 0 aromatic rings. The van der Waals surface area contributed by atoms with Gasteiger partial charge in [0.2, 0.25) is 0 Å². The van der Waals surface area contributed by atoms with Gasteiger partial charge in [0, 0.05) is 14.7 Å². The van der Waals surface area contributed by atoms with Gasteiger partial charge in [-0.05, 0) is 6.92 Å². The van der Waals surface area contributed by atoms with Crippen molar-refractivity contribution in [1.29, 1.82) is 0 Å². The monoisotopic (exact) mass is 190 g/mol. The Kier molecular flexibility index (Phi) is 6.25. The van der Waals surface area contributed by atoms with E-state index in [2.05, 4.69) is 40.7 Å². The minimum Gasteiger partial charge on any atom is -0.117 e. The van der Waals surface area contributed by atoms with Crippen LogP contribution in [-0.4, -0.2) is 10.5 Å². The summed E-state index contributed by atoms with van der Waals surface area (Å²) in [5.41, 5.74) is 0. The molecule has 0 spiro atoms. The smallest absolute Gasteiger partial charge is 0.0363 e. The lowest BCUT2D eigenvalue weighted by molar-refractivity contribution is 1.11. The van der Waals surface area contributed by atoms with Crippen LogP contribution >= 0.6 is 23.5 Å². The predicted molar refractivity (Wildman–Crippen MR) is 59.2 cm³/mol. The highest BCUT2D eigenvalue weighted by Crippen LogP contribution is 2.33. The molecule has 0 bridgehead atoms. The zero-order chi connectivity index (χ0) is 8.85. The quantitative estimate of drug-likeness (QED) is 0.653. The summed E-state index contributed by atoms with van der Waals surface area (Å²) in [5.74, 6) is 0. The number of thioether (sulfide) groups is 2. The Morgan fingerprint density at radius 1 is 1.00 bits per heavy atom. The molecule has 0 saturated carbocycles. The molecule has 0 amide bonds. The Morgan fingerprint density at radius 3 is 1.55 bits per heavy atom. The van der Waals surface area contributed by atoms with E-state index in [4.69, 9.17) is 0 Å². The van der Waals surface area contributed by atoms with E-state index in [0.717, 1.165) is 0 Å². The zero-order valence-corrected chi connectivity index (χ0v) is 9.68.